The van der Waals surface area contributed by atoms with Crippen molar-refractivity contribution in [3.05, 3.63) is 70.9 Å². The normalized spacial score (nSPS) is 14.7. The van der Waals surface area contributed by atoms with Gasteiger partial charge in [0.25, 0.3) is 5.91 Å². The summed E-state index contributed by atoms with van der Waals surface area (Å²) in [6, 6.07) is 17.7. The summed E-state index contributed by atoms with van der Waals surface area (Å²) in [5, 5.41) is 1.39. The third-order valence-electron chi connectivity index (χ3n) is 4.84. The summed E-state index contributed by atoms with van der Waals surface area (Å²) in [6.07, 6.45) is 0. The van der Waals surface area contributed by atoms with Gasteiger partial charge in [-0.25, -0.2) is 4.98 Å². The summed E-state index contributed by atoms with van der Waals surface area (Å²) < 4.78 is 0. The molecule has 1 aromatic heterocycles. The number of amides is 1. The number of benzene rings is 2. The largest absolute Gasteiger partial charge is 0.368 e. The smallest absolute Gasteiger partial charge is 0.253 e. The molecule has 0 radical (unpaired) electrons. The second-order valence-electron chi connectivity index (χ2n) is 6.66. The number of halogens is 1. The van der Waals surface area contributed by atoms with Crippen molar-refractivity contribution in [3.63, 3.8) is 0 Å². The van der Waals surface area contributed by atoms with Crippen molar-refractivity contribution in [2.75, 3.05) is 31.1 Å². The second-order valence-corrected chi connectivity index (χ2v) is 7.05. The molecule has 3 aromatic rings. The molecule has 0 atom stereocenters. The Morgan fingerprint density at radius 3 is 2.58 bits per heavy atom. The van der Waals surface area contributed by atoms with Crippen molar-refractivity contribution in [2.45, 2.75) is 6.92 Å². The van der Waals surface area contributed by atoms with E-state index in [1.165, 1.54) is 11.3 Å². The van der Waals surface area contributed by atoms with E-state index in [0.29, 0.717) is 10.7 Å². The Morgan fingerprint density at radius 2 is 1.81 bits per heavy atom. The van der Waals surface area contributed by atoms with E-state index in [1.54, 1.807) is 6.07 Å². The van der Waals surface area contributed by atoms with E-state index >= 15 is 0 Å². The second kappa shape index (κ2) is 6.96. The van der Waals surface area contributed by atoms with Crippen LogP contribution in [0.3, 0.4) is 0 Å². The number of piperazine rings is 1. The Hall–Kier alpha value is -2.59. The molecule has 1 fully saturated rings. The number of fused-ring (bicyclic) bond motifs is 1. The Bertz CT molecular complexity index is 964. The lowest BCUT2D eigenvalue weighted by Gasteiger charge is -2.36. The maximum atomic E-state index is 12.9. The van der Waals surface area contributed by atoms with Gasteiger partial charge >= 0.3 is 0 Å². The number of aromatic nitrogens is 1. The van der Waals surface area contributed by atoms with Crippen LogP contribution < -0.4 is 4.90 Å². The highest BCUT2D eigenvalue weighted by Gasteiger charge is 2.22. The summed E-state index contributed by atoms with van der Waals surface area (Å²) >= 11 is 5.93. The van der Waals surface area contributed by atoms with E-state index in [9.17, 15) is 4.79 Å². The fourth-order valence-corrected chi connectivity index (χ4v) is 3.56. The fourth-order valence-electron chi connectivity index (χ4n) is 3.41. The molecule has 0 aliphatic carbocycles. The van der Waals surface area contributed by atoms with Gasteiger partial charge in [0, 0.05) is 42.8 Å². The van der Waals surface area contributed by atoms with Gasteiger partial charge in [0.05, 0.1) is 5.52 Å². The zero-order valence-electron chi connectivity index (χ0n) is 14.7. The summed E-state index contributed by atoms with van der Waals surface area (Å²) in [5.41, 5.74) is 3.99. The molecule has 2 aromatic carbocycles. The lowest BCUT2D eigenvalue weighted by Crippen LogP contribution is -2.48. The molecule has 0 unspecified atom stereocenters. The topological polar surface area (TPSA) is 36.4 Å². The molecule has 26 heavy (non-hydrogen) atoms. The van der Waals surface area contributed by atoms with Crippen LogP contribution in [-0.4, -0.2) is 42.0 Å². The highest BCUT2D eigenvalue weighted by Crippen LogP contribution is 2.21. The van der Waals surface area contributed by atoms with Gasteiger partial charge in [-0.05, 0) is 55.0 Å². The Morgan fingerprint density at radius 1 is 1.00 bits per heavy atom. The minimum Gasteiger partial charge on any atom is -0.368 e. The van der Waals surface area contributed by atoms with Crippen molar-refractivity contribution in [1.82, 2.24) is 9.88 Å². The van der Waals surface area contributed by atoms with Gasteiger partial charge in [-0.2, -0.15) is 0 Å². The maximum Gasteiger partial charge on any atom is 0.253 e. The quantitative estimate of drug-likeness (QED) is 0.640. The van der Waals surface area contributed by atoms with Crippen LogP contribution in [-0.2, 0) is 0 Å². The van der Waals surface area contributed by atoms with Crippen molar-refractivity contribution >= 4 is 34.1 Å². The molecule has 1 aliphatic heterocycles. The summed E-state index contributed by atoms with van der Waals surface area (Å²) in [6.45, 7) is 5.25. The van der Waals surface area contributed by atoms with Crippen LogP contribution in [0.5, 0.6) is 0 Å². The number of carbonyl (C=O) groups excluding carboxylic acids is 1. The molecule has 132 valence electrons. The average Bonchev–Trinajstić information content (AvgIpc) is 2.67. The molecule has 5 heteroatoms. The molecule has 0 bridgehead atoms. The van der Waals surface area contributed by atoms with Gasteiger partial charge in [0.1, 0.15) is 5.15 Å². The maximum absolute atomic E-state index is 12.9. The third-order valence-corrected chi connectivity index (χ3v) is 5.05. The number of carbonyl (C=O) groups is 1. The average molecular weight is 366 g/mol. The molecule has 2 heterocycles. The standard InChI is InChI=1S/C21H20ClN3O/c1-15-3-2-4-18(13-15)24-9-11-25(12-10-24)21(26)17-5-7-19-16(14-17)6-8-20(22)23-19/h2-8,13-14H,9-12H2,1H3. The van der Waals surface area contributed by atoms with E-state index in [-0.39, 0.29) is 5.91 Å². The predicted molar refractivity (Wildman–Crippen MR) is 106 cm³/mol. The number of anilines is 1. The summed E-state index contributed by atoms with van der Waals surface area (Å²) in [5.74, 6) is 0.0748. The van der Waals surface area contributed by atoms with Crippen LogP contribution in [0.15, 0.2) is 54.6 Å². The number of hydrogen-bond acceptors (Lipinski definition) is 3. The Labute approximate surface area is 158 Å². The molecule has 0 saturated carbocycles. The lowest BCUT2D eigenvalue weighted by molar-refractivity contribution is 0.0747. The van der Waals surface area contributed by atoms with E-state index in [2.05, 4.69) is 41.1 Å². The summed E-state index contributed by atoms with van der Waals surface area (Å²) in [4.78, 5) is 21.4. The van der Waals surface area contributed by atoms with Crippen LogP contribution in [0, 0.1) is 6.92 Å². The van der Waals surface area contributed by atoms with E-state index in [0.717, 1.165) is 37.1 Å². The number of aryl methyl sites for hydroxylation is 1. The van der Waals surface area contributed by atoms with Crippen LogP contribution >= 0.6 is 11.6 Å². The first kappa shape index (κ1) is 16.9. The molecule has 1 aliphatic rings. The van der Waals surface area contributed by atoms with E-state index in [1.807, 2.05) is 29.2 Å². The lowest BCUT2D eigenvalue weighted by atomic mass is 10.1. The van der Waals surface area contributed by atoms with Crippen molar-refractivity contribution in [1.29, 1.82) is 0 Å². The van der Waals surface area contributed by atoms with E-state index < -0.39 is 0 Å². The molecule has 0 N–H and O–H groups in total. The molecular weight excluding hydrogens is 346 g/mol. The number of nitrogens with zero attached hydrogens (tertiary/aromatic N) is 3. The van der Waals surface area contributed by atoms with Gasteiger partial charge in [0.2, 0.25) is 0 Å². The highest BCUT2D eigenvalue weighted by atomic mass is 35.5. The van der Waals surface area contributed by atoms with Crippen molar-refractivity contribution in [3.8, 4) is 0 Å². The van der Waals surface area contributed by atoms with Crippen LogP contribution in [0.2, 0.25) is 5.15 Å². The van der Waals surface area contributed by atoms with Gasteiger partial charge in [0.15, 0.2) is 0 Å². The Kier molecular flexibility index (Phi) is 4.51. The van der Waals surface area contributed by atoms with Crippen LogP contribution in [0.1, 0.15) is 15.9 Å². The zero-order valence-corrected chi connectivity index (χ0v) is 15.4. The summed E-state index contributed by atoms with van der Waals surface area (Å²) in [7, 11) is 0. The molecule has 4 nitrogen and oxygen atoms in total. The van der Waals surface area contributed by atoms with Crippen LogP contribution in [0.4, 0.5) is 5.69 Å². The van der Waals surface area contributed by atoms with Gasteiger partial charge in [-0.15, -0.1) is 0 Å². The zero-order chi connectivity index (χ0) is 18.1. The number of pyridine rings is 1. The predicted octanol–water partition coefficient (Wildman–Crippen LogP) is 4.16. The minimum absolute atomic E-state index is 0.0748. The van der Waals surface area contributed by atoms with Gasteiger partial charge < -0.3 is 9.80 Å². The highest BCUT2D eigenvalue weighted by molar-refractivity contribution is 6.29. The van der Waals surface area contributed by atoms with E-state index in [4.69, 9.17) is 11.6 Å². The monoisotopic (exact) mass is 365 g/mol. The molecule has 0 spiro atoms. The molecule has 4 rings (SSSR count). The minimum atomic E-state index is 0.0748. The number of hydrogen-bond donors (Lipinski definition) is 0. The molecular formula is C21H20ClN3O. The first-order valence-corrected chi connectivity index (χ1v) is 9.15. The van der Waals surface area contributed by atoms with Gasteiger partial charge in [-0.3, -0.25) is 4.79 Å². The Balaban J connectivity index is 1.47. The van der Waals surface area contributed by atoms with Crippen LogP contribution in [0.25, 0.3) is 10.9 Å². The van der Waals surface area contributed by atoms with Gasteiger partial charge in [-0.1, -0.05) is 23.7 Å². The number of rotatable bonds is 2. The first-order valence-electron chi connectivity index (χ1n) is 8.77. The third kappa shape index (κ3) is 3.37. The molecule has 1 saturated heterocycles. The van der Waals surface area contributed by atoms with Crippen molar-refractivity contribution < 1.29 is 4.79 Å². The molecule has 1 amide bonds. The SMILES string of the molecule is Cc1cccc(N2CCN(C(=O)c3ccc4nc(Cl)ccc4c3)CC2)c1. The fraction of sp³-hybridized carbons (Fsp3) is 0.238. The first-order chi connectivity index (χ1) is 12.6. The van der Waals surface area contributed by atoms with Crippen molar-refractivity contribution in [2.24, 2.45) is 0 Å².